The van der Waals surface area contributed by atoms with Gasteiger partial charge in [-0.1, -0.05) is 17.7 Å². The van der Waals surface area contributed by atoms with Crippen LogP contribution < -0.4 is 10.1 Å². The van der Waals surface area contributed by atoms with Crippen molar-refractivity contribution in [1.29, 1.82) is 0 Å². The van der Waals surface area contributed by atoms with Crippen LogP contribution in [-0.4, -0.2) is 19.2 Å². The summed E-state index contributed by atoms with van der Waals surface area (Å²) in [6, 6.07) is 6.34. The van der Waals surface area contributed by atoms with Gasteiger partial charge in [-0.2, -0.15) is 0 Å². The van der Waals surface area contributed by atoms with Gasteiger partial charge in [0.25, 0.3) is 0 Å². The molecule has 0 aromatic heterocycles. The number of ether oxygens (including phenoxy) is 1. The van der Waals surface area contributed by atoms with Crippen LogP contribution in [0, 0.1) is 6.92 Å². The van der Waals surface area contributed by atoms with Crippen LogP contribution in [0.15, 0.2) is 18.2 Å². The highest BCUT2D eigenvalue weighted by Crippen LogP contribution is 2.25. The Kier molecular flexibility index (Phi) is 2.94. The monoisotopic (exact) mass is 211 g/mol. The first kappa shape index (κ1) is 9.81. The predicted octanol–water partition coefficient (Wildman–Crippen LogP) is 2.39. The van der Waals surface area contributed by atoms with Crippen molar-refractivity contribution in [3.63, 3.8) is 0 Å². The Bertz CT molecular complexity index is 323. The number of hydrogen-bond donors (Lipinski definition) is 1. The first-order valence-corrected chi connectivity index (χ1v) is 5.26. The lowest BCUT2D eigenvalue weighted by Crippen LogP contribution is -2.46. The molecule has 0 bridgehead atoms. The van der Waals surface area contributed by atoms with Gasteiger partial charge < -0.3 is 10.1 Å². The second-order valence-corrected chi connectivity index (χ2v) is 4.09. The highest BCUT2D eigenvalue weighted by Gasteiger charge is 2.17. The average molecular weight is 212 g/mol. The van der Waals surface area contributed by atoms with Gasteiger partial charge in [0.05, 0.1) is 5.02 Å². The van der Waals surface area contributed by atoms with E-state index in [0.717, 1.165) is 12.3 Å². The molecule has 2 rings (SSSR count). The molecule has 0 aliphatic carbocycles. The first-order valence-electron chi connectivity index (χ1n) is 4.88. The molecule has 2 nitrogen and oxygen atoms in total. The maximum Gasteiger partial charge on any atom is 0.138 e. The van der Waals surface area contributed by atoms with E-state index in [-0.39, 0.29) is 0 Å². The summed E-state index contributed by atoms with van der Waals surface area (Å²) in [5.74, 6) is 0.792. The van der Waals surface area contributed by atoms with Crippen molar-refractivity contribution in [3.05, 3.63) is 28.8 Å². The zero-order valence-corrected chi connectivity index (χ0v) is 8.97. The topological polar surface area (TPSA) is 21.3 Å². The standard InChI is InChI=1S/C11H14ClNO/c1-8-2-3-10(12)11(6-8)14-7-9-4-5-13-9/h2-3,6,9,13H,4-5,7H2,1H3. The number of halogens is 1. The fraction of sp³-hybridized carbons (Fsp3) is 0.455. The average Bonchev–Trinajstić information content (AvgIpc) is 2.08. The van der Waals surface area contributed by atoms with Gasteiger partial charge in [-0.05, 0) is 37.6 Å². The molecule has 1 N–H and O–H groups in total. The van der Waals surface area contributed by atoms with Crippen LogP contribution in [0.1, 0.15) is 12.0 Å². The molecular formula is C11H14ClNO. The van der Waals surface area contributed by atoms with Crippen molar-refractivity contribution in [2.24, 2.45) is 0 Å². The number of hydrogen-bond acceptors (Lipinski definition) is 2. The summed E-state index contributed by atoms with van der Waals surface area (Å²) >= 11 is 6.00. The van der Waals surface area contributed by atoms with E-state index in [2.05, 4.69) is 5.32 Å². The summed E-state index contributed by atoms with van der Waals surface area (Å²) in [7, 11) is 0. The number of nitrogens with one attached hydrogen (secondary N) is 1. The molecule has 0 radical (unpaired) electrons. The lowest BCUT2D eigenvalue weighted by Gasteiger charge is -2.27. The third-order valence-corrected chi connectivity index (χ3v) is 2.76. The Morgan fingerprint density at radius 2 is 2.36 bits per heavy atom. The minimum absolute atomic E-state index is 0.506. The molecule has 1 aliphatic heterocycles. The lowest BCUT2D eigenvalue weighted by molar-refractivity contribution is 0.217. The molecule has 1 unspecified atom stereocenters. The summed E-state index contributed by atoms with van der Waals surface area (Å²) in [4.78, 5) is 0. The third-order valence-electron chi connectivity index (χ3n) is 2.45. The van der Waals surface area contributed by atoms with Crippen LogP contribution in [0.5, 0.6) is 5.75 Å². The van der Waals surface area contributed by atoms with Crippen LogP contribution >= 0.6 is 11.6 Å². The highest BCUT2D eigenvalue weighted by atomic mass is 35.5. The van der Waals surface area contributed by atoms with Crippen molar-refractivity contribution in [2.45, 2.75) is 19.4 Å². The summed E-state index contributed by atoms with van der Waals surface area (Å²) in [5.41, 5.74) is 1.17. The molecule has 1 aromatic carbocycles. The van der Waals surface area contributed by atoms with E-state index in [9.17, 15) is 0 Å². The summed E-state index contributed by atoms with van der Waals surface area (Å²) in [5, 5.41) is 3.97. The van der Waals surface area contributed by atoms with Crippen LogP contribution in [0.4, 0.5) is 0 Å². The molecule has 1 heterocycles. The molecule has 3 heteroatoms. The molecule has 1 atom stereocenters. The smallest absolute Gasteiger partial charge is 0.138 e. The molecule has 1 fully saturated rings. The number of rotatable bonds is 3. The second kappa shape index (κ2) is 4.20. The van der Waals surface area contributed by atoms with E-state index < -0.39 is 0 Å². The fourth-order valence-electron chi connectivity index (χ4n) is 1.40. The van der Waals surface area contributed by atoms with Gasteiger partial charge in [-0.3, -0.25) is 0 Å². The Morgan fingerprint density at radius 1 is 1.57 bits per heavy atom. The number of benzene rings is 1. The fourth-order valence-corrected chi connectivity index (χ4v) is 1.57. The summed E-state index contributed by atoms with van der Waals surface area (Å²) < 4.78 is 5.63. The zero-order chi connectivity index (χ0) is 9.97. The van der Waals surface area contributed by atoms with Gasteiger partial charge in [0.1, 0.15) is 12.4 Å². The van der Waals surface area contributed by atoms with Gasteiger partial charge in [-0.25, -0.2) is 0 Å². The SMILES string of the molecule is Cc1ccc(Cl)c(OCC2CCN2)c1. The number of aryl methyl sites for hydroxylation is 1. The molecule has 1 aliphatic rings. The first-order chi connectivity index (χ1) is 6.75. The molecule has 1 saturated heterocycles. The second-order valence-electron chi connectivity index (χ2n) is 3.68. The summed E-state index contributed by atoms with van der Waals surface area (Å²) in [6.45, 7) is 3.85. The van der Waals surface area contributed by atoms with E-state index in [1.807, 2.05) is 25.1 Å². The Balaban J connectivity index is 1.96. The van der Waals surface area contributed by atoms with Crippen molar-refractivity contribution < 1.29 is 4.74 Å². The zero-order valence-electron chi connectivity index (χ0n) is 8.22. The van der Waals surface area contributed by atoms with E-state index in [1.165, 1.54) is 12.0 Å². The van der Waals surface area contributed by atoms with E-state index in [0.29, 0.717) is 17.7 Å². The van der Waals surface area contributed by atoms with Crippen LogP contribution in [0.25, 0.3) is 0 Å². The van der Waals surface area contributed by atoms with Gasteiger partial charge in [0.2, 0.25) is 0 Å². The van der Waals surface area contributed by atoms with Gasteiger partial charge in [0, 0.05) is 6.04 Å². The molecular weight excluding hydrogens is 198 g/mol. The molecule has 0 saturated carbocycles. The minimum Gasteiger partial charge on any atom is -0.490 e. The highest BCUT2D eigenvalue weighted by molar-refractivity contribution is 6.32. The minimum atomic E-state index is 0.506. The van der Waals surface area contributed by atoms with Crippen LogP contribution in [0.2, 0.25) is 5.02 Å². The Morgan fingerprint density at radius 3 is 3.00 bits per heavy atom. The normalized spacial score (nSPS) is 20.3. The van der Waals surface area contributed by atoms with E-state index in [4.69, 9.17) is 16.3 Å². The largest absolute Gasteiger partial charge is 0.490 e. The van der Waals surface area contributed by atoms with Crippen LogP contribution in [0.3, 0.4) is 0 Å². The van der Waals surface area contributed by atoms with Crippen molar-refractivity contribution >= 4 is 11.6 Å². The van der Waals surface area contributed by atoms with Crippen molar-refractivity contribution in [3.8, 4) is 5.75 Å². The Labute approximate surface area is 89.2 Å². The maximum absolute atomic E-state index is 6.00. The van der Waals surface area contributed by atoms with E-state index >= 15 is 0 Å². The van der Waals surface area contributed by atoms with Crippen molar-refractivity contribution in [1.82, 2.24) is 5.32 Å². The van der Waals surface area contributed by atoms with Crippen molar-refractivity contribution in [2.75, 3.05) is 13.2 Å². The lowest BCUT2D eigenvalue weighted by atomic mass is 10.1. The molecule has 76 valence electrons. The Hall–Kier alpha value is -0.730. The van der Waals surface area contributed by atoms with Gasteiger partial charge in [-0.15, -0.1) is 0 Å². The molecule has 1 aromatic rings. The van der Waals surface area contributed by atoms with Crippen LogP contribution in [-0.2, 0) is 0 Å². The molecule has 0 spiro atoms. The molecule has 0 amide bonds. The predicted molar refractivity (Wildman–Crippen MR) is 58.1 cm³/mol. The quantitative estimate of drug-likeness (QED) is 0.829. The molecule has 14 heavy (non-hydrogen) atoms. The van der Waals surface area contributed by atoms with E-state index in [1.54, 1.807) is 0 Å². The summed E-state index contributed by atoms with van der Waals surface area (Å²) in [6.07, 6.45) is 1.20. The van der Waals surface area contributed by atoms with Gasteiger partial charge >= 0.3 is 0 Å². The third kappa shape index (κ3) is 2.20. The van der Waals surface area contributed by atoms with Gasteiger partial charge in [0.15, 0.2) is 0 Å². The maximum atomic E-state index is 6.00.